The van der Waals surface area contributed by atoms with E-state index in [0.717, 1.165) is 44.9 Å². The van der Waals surface area contributed by atoms with E-state index in [9.17, 15) is 0 Å². The summed E-state index contributed by atoms with van der Waals surface area (Å²) in [6.45, 7) is 18.7. The zero-order chi connectivity index (χ0) is 30.4. The first-order chi connectivity index (χ1) is 19.6. The molecule has 4 heterocycles. The number of aromatic nitrogens is 4. The molecule has 0 fully saturated rings. The molecular formula is C32H44Br2N4RuSi2. The van der Waals surface area contributed by atoms with Gasteiger partial charge in [-0.3, -0.25) is 19.9 Å². The SMILES string of the molecule is CC(C)[SiH](c1ccc(-c2ccccn2)nc1)C(C)C.CC(C)[SiH](c1ccc(-c2ccccn2)nc1)C(C)C.[Br][Ru][Br]. The van der Waals surface area contributed by atoms with Crippen molar-refractivity contribution in [3.8, 4) is 22.8 Å². The van der Waals surface area contributed by atoms with Crippen LogP contribution in [0.5, 0.6) is 0 Å². The fourth-order valence-electron chi connectivity index (χ4n) is 5.62. The van der Waals surface area contributed by atoms with E-state index in [1.807, 2.05) is 48.8 Å². The van der Waals surface area contributed by atoms with Crippen molar-refractivity contribution >= 4 is 55.2 Å². The minimum atomic E-state index is -0.936. The predicted octanol–water partition coefficient (Wildman–Crippen LogP) is 8.48. The summed E-state index contributed by atoms with van der Waals surface area (Å²) in [7, 11) is -1.87. The molecule has 0 unspecified atom stereocenters. The fraction of sp³-hybridized carbons (Fsp3) is 0.375. The third-order valence-electron chi connectivity index (χ3n) is 7.07. The number of pyridine rings is 4. The van der Waals surface area contributed by atoms with Gasteiger partial charge in [-0.2, -0.15) is 0 Å². The molecule has 0 amide bonds. The Hall–Kier alpha value is -1.38. The summed E-state index contributed by atoms with van der Waals surface area (Å²) in [6, 6.07) is 20.6. The molecule has 4 aromatic rings. The van der Waals surface area contributed by atoms with Gasteiger partial charge in [0.15, 0.2) is 0 Å². The van der Waals surface area contributed by atoms with Gasteiger partial charge in [-0.15, -0.1) is 0 Å². The van der Waals surface area contributed by atoms with Gasteiger partial charge in [-0.05, 0) is 68.9 Å². The van der Waals surface area contributed by atoms with E-state index < -0.39 is 17.6 Å². The van der Waals surface area contributed by atoms with Crippen LogP contribution in [0.4, 0.5) is 0 Å². The Balaban J connectivity index is 0.000000262. The summed E-state index contributed by atoms with van der Waals surface area (Å²) in [5.41, 5.74) is 6.88. The fourth-order valence-corrected chi connectivity index (χ4v) is 12.9. The van der Waals surface area contributed by atoms with Gasteiger partial charge < -0.3 is 0 Å². The second kappa shape index (κ2) is 19.0. The molecule has 0 aliphatic rings. The quantitative estimate of drug-likeness (QED) is 0.168. The van der Waals surface area contributed by atoms with Gasteiger partial charge in [0, 0.05) is 24.8 Å². The Morgan fingerprint density at radius 3 is 1.02 bits per heavy atom. The monoisotopic (exact) mass is 800 g/mol. The molecule has 0 aliphatic heterocycles. The van der Waals surface area contributed by atoms with Crippen LogP contribution in [-0.2, 0) is 13.2 Å². The molecule has 41 heavy (non-hydrogen) atoms. The van der Waals surface area contributed by atoms with E-state index >= 15 is 0 Å². The van der Waals surface area contributed by atoms with Crippen LogP contribution in [0.3, 0.4) is 0 Å². The molecule has 0 radical (unpaired) electrons. The van der Waals surface area contributed by atoms with Gasteiger partial charge in [0.2, 0.25) is 0 Å². The summed E-state index contributed by atoms with van der Waals surface area (Å²) in [5.74, 6) is 0. The third-order valence-corrected chi connectivity index (χ3v) is 15.0. The van der Waals surface area contributed by atoms with Gasteiger partial charge in [0.25, 0.3) is 0 Å². The summed E-state index contributed by atoms with van der Waals surface area (Å²) in [5, 5.41) is 2.93. The standard InChI is InChI=1S/2C16H22N2Si.2BrH.Ru/c2*1-12(2)19(13(3)4)14-8-9-16(18-11-14)15-7-5-6-10-17-15;;;/h2*5-13,19H,1-4H3;2*1H;/q;;;;+2/p-2. The number of halogens is 2. The zero-order valence-electron chi connectivity index (χ0n) is 25.4. The number of rotatable bonds is 8. The summed E-state index contributed by atoms with van der Waals surface area (Å²) < 4.78 is 0. The van der Waals surface area contributed by atoms with E-state index in [4.69, 9.17) is 0 Å². The molecule has 0 aromatic carbocycles. The van der Waals surface area contributed by atoms with Gasteiger partial charge >= 0.3 is 40.5 Å². The second-order valence-corrected chi connectivity index (χ2v) is 28.2. The van der Waals surface area contributed by atoms with Crippen LogP contribution in [0.2, 0.25) is 22.2 Å². The molecule has 222 valence electrons. The van der Waals surface area contributed by atoms with Crippen molar-refractivity contribution in [3.05, 3.63) is 85.5 Å². The van der Waals surface area contributed by atoms with Gasteiger partial charge in [-0.1, -0.05) is 79.7 Å². The first kappa shape index (κ1) is 35.8. The van der Waals surface area contributed by atoms with Gasteiger partial charge in [-0.25, -0.2) is 0 Å². The first-order valence-electron chi connectivity index (χ1n) is 14.2. The van der Waals surface area contributed by atoms with Crippen molar-refractivity contribution in [2.24, 2.45) is 0 Å². The molecular weight excluding hydrogens is 757 g/mol. The number of hydrogen-bond acceptors (Lipinski definition) is 4. The third kappa shape index (κ3) is 11.7. The Labute approximate surface area is 272 Å². The van der Waals surface area contributed by atoms with Crippen LogP contribution in [-0.4, -0.2) is 37.5 Å². The normalized spacial score (nSPS) is 11.2. The Morgan fingerprint density at radius 2 is 0.805 bits per heavy atom. The average molecular weight is 802 g/mol. The van der Waals surface area contributed by atoms with Crippen molar-refractivity contribution < 1.29 is 13.2 Å². The average Bonchev–Trinajstić information content (AvgIpc) is 2.95. The van der Waals surface area contributed by atoms with Crippen molar-refractivity contribution in [2.75, 3.05) is 0 Å². The van der Waals surface area contributed by atoms with Gasteiger partial charge in [0.05, 0.1) is 40.4 Å². The Morgan fingerprint density at radius 1 is 0.488 bits per heavy atom. The zero-order valence-corrected chi connectivity index (χ0v) is 32.7. The van der Waals surface area contributed by atoms with Crippen LogP contribution in [0.15, 0.2) is 85.5 Å². The topological polar surface area (TPSA) is 51.6 Å². The molecule has 0 saturated carbocycles. The molecule has 9 heteroatoms. The van der Waals surface area contributed by atoms with E-state index in [2.05, 4.69) is 139 Å². The maximum absolute atomic E-state index is 4.61. The van der Waals surface area contributed by atoms with Crippen LogP contribution < -0.4 is 10.4 Å². The Bertz CT molecular complexity index is 1130. The predicted molar refractivity (Wildman–Crippen MR) is 187 cm³/mol. The second-order valence-electron chi connectivity index (χ2n) is 11.5. The molecule has 4 nitrogen and oxygen atoms in total. The van der Waals surface area contributed by atoms with Crippen LogP contribution in [0.25, 0.3) is 22.8 Å². The minimum absolute atomic E-state index is 0.335. The van der Waals surface area contributed by atoms with E-state index in [0.29, 0.717) is 13.2 Å². The first-order valence-corrected chi connectivity index (χ1v) is 26.0. The molecule has 0 bridgehead atoms. The van der Waals surface area contributed by atoms with E-state index in [1.165, 1.54) is 10.4 Å². The maximum atomic E-state index is 4.61. The van der Waals surface area contributed by atoms with E-state index in [1.54, 1.807) is 0 Å². The van der Waals surface area contributed by atoms with Crippen LogP contribution >= 0.6 is 27.2 Å². The molecule has 0 aliphatic carbocycles. The molecule has 0 atom stereocenters. The van der Waals surface area contributed by atoms with Crippen molar-refractivity contribution in [1.82, 2.24) is 19.9 Å². The summed E-state index contributed by atoms with van der Waals surface area (Å²) in [6.07, 6.45) is 7.76. The van der Waals surface area contributed by atoms with E-state index in [-0.39, 0.29) is 0 Å². The van der Waals surface area contributed by atoms with Crippen LogP contribution in [0, 0.1) is 0 Å². The molecule has 4 rings (SSSR count). The number of nitrogens with zero attached hydrogens (tertiary/aromatic N) is 4. The van der Waals surface area contributed by atoms with Crippen molar-refractivity contribution in [1.29, 1.82) is 0 Å². The van der Waals surface area contributed by atoms with Crippen molar-refractivity contribution in [3.63, 3.8) is 0 Å². The molecule has 0 spiro atoms. The molecule has 0 N–H and O–H groups in total. The summed E-state index contributed by atoms with van der Waals surface area (Å²) >= 11 is 6.64. The van der Waals surface area contributed by atoms with Gasteiger partial charge in [0.1, 0.15) is 0 Å². The molecule has 4 aromatic heterocycles. The summed E-state index contributed by atoms with van der Waals surface area (Å²) in [4.78, 5) is 17.9. The Kier molecular flexibility index (Phi) is 16.6. The molecule has 0 saturated heterocycles. The number of hydrogen-bond donors (Lipinski definition) is 0. The van der Waals surface area contributed by atoms with Crippen molar-refractivity contribution in [2.45, 2.75) is 77.6 Å². The van der Waals surface area contributed by atoms with Crippen LogP contribution in [0.1, 0.15) is 55.4 Å².